The minimum atomic E-state index is 0.684. The lowest BCUT2D eigenvalue weighted by Gasteiger charge is -2.34. The maximum absolute atomic E-state index is 2.42. The fraction of sp³-hybridized carbons (Fsp3) is 1.00. The molecule has 0 saturated carbocycles. The first-order valence-electron chi connectivity index (χ1n) is 15.2. The van der Waals surface area contributed by atoms with Gasteiger partial charge in [-0.25, -0.2) is 0 Å². The first-order valence-corrected chi connectivity index (χ1v) is 15.2. The average Bonchev–Trinajstić information content (AvgIpc) is 2.77. The quantitative estimate of drug-likeness (QED) is 0.118. The minimum absolute atomic E-state index is 0.684. The molecule has 0 saturated heterocycles. The molecule has 0 atom stereocenters. The van der Waals surface area contributed by atoms with Crippen LogP contribution in [0.15, 0.2) is 0 Å². The van der Waals surface area contributed by atoms with E-state index in [4.69, 9.17) is 0 Å². The molecule has 0 aromatic rings. The molecule has 0 spiro atoms. The van der Waals surface area contributed by atoms with Gasteiger partial charge in [-0.05, 0) is 31.1 Å². The van der Waals surface area contributed by atoms with Crippen LogP contribution in [0, 0.1) is 5.41 Å². The van der Waals surface area contributed by atoms with E-state index in [1.807, 2.05) is 0 Å². The zero-order valence-electron chi connectivity index (χ0n) is 22.9. The summed E-state index contributed by atoms with van der Waals surface area (Å²) in [5, 5.41) is 0. The third kappa shape index (κ3) is 20.3. The summed E-state index contributed by atoms with van der Waals surface area (Å²) in [6, 6.07) is 0. The predicted octanol–water partition coefficient (Wildman–Crippen LogP) is 12.2. The van der Waals surface area contributed by atoms with Gasteiger partial charge in [0.1, 0.15) is 0 Å². The Kier molecular flexibility index (Phi) is 24.6. The maximum atomic E-state index is 2.42. The average molecular weight is 437 g/mol. The molecule has 0 rings (SSSR count). The van der Waals surface area contributed by atoms with E-state index in [0.717, 1.165) is 0 Å². The van der Waals surface area contributed by atoms with Crippen molar-refractivity contribution in [3.8, 4) is 0 Å². The van der Waals surface area contributed by atoms with Crippen LogP contribution in [-0.2, 0) is 0 Å². The molecule has 0 N–H and O–H groups in total. The van der Waals surface area contributed by atoms with Gasteiger partial charge in [-0.2, -0.15) is 0 Å². The highest BCUT2D eigenvalue weighted by Gasteiger charge is 2.27. The van der Waals surface area contributed by atoms with Gasteiger partial charge in [0.2, 0.25) is 0 Å². The molecule has 0 unspecified atom stereocenters. The van der Waals surface area contributed by atoms with Crippen molar-refractivity contribution in [1.82, 2.24) is 0 Å². The fourth-order valence-corrected chi connectivity index (χ4v) is 5.79. The van der Waals surface area contributed by atoms with E-state index >= 15 is 0 Å². The predicted molar refractivity (Wildman–Crippen MR) is 145 cm³/mol. The van der Waals surface area contributed by atoms with E-state index in [1.165, 1.54) is 167 Å². The Morgan fingerprint density at radius 1 is 0.258 bits per heavy atom. The Morgan fingerprint density at radius 2 is 0.516 bits per heavy atom. The molecule has 0 nitrogen and oxygen atoms in total. The Bertz CT molecular complexity index is 286. The van der Waals surface area contributed by atoms with Gasteiger partial charge in [-0.15, -0.1) is 0 Å². The largest absolute Gasteiger partial charge is 0.0654 e. The van der Waals surface area contributed by atoms with Crippen LogP contribution in [0.4, 0.5) is 0 Å². The first kappa shape index (κ1) is 31.0. The van der Waals surface area contributed by atoms with E-state index in [2.05, 4.69) is 27.7 Å². The second-order valence-electron chi connectivity index (χ2n) is 10.9. The van der Waals surface area contributed by atoms with Gasteiger partial charge >= 0.3 is 0 Å². The van der Waals surface area contributed by atoms with E-state index in [9.17, 15) is 0 Å². The van der Waals surface area contributed by atoms with Crippen molar-refractivity contribution in [1.29, 1.82) is 0 Å². The second-order valence-corrected chi connectivity index (χ2v) is 10.9. The molecule has 0 fully saturated rings. The summed E-state index contributed by atoms with van der Waals surface area (Å²) in [7, 11) is 0. The molecule has 0 aliphatic carbocycles. The minimum Gasteiger partial charge on any atom is -0.0654 e. The Balaban J connectivity index is 3.92. The molecule has 0 aliphatic heterocycles. The lowest BCUT2D eigenvalue weighted by atomic mass is 9.71. The van der Waals surface area contributed by atoms with Crippen LogP contribution in [-0.4, -0.2) is 0 Å². The normalized spacial score (nSPS) is 12.0. The molecule has 0 aromatic heterocycles. The molecule has 31 heavy (non-hydrogen) atoms. The number of rotatable bonds is 26. The maximum Gasteiger partial charge on any atom is -0.0298 e. The Morgan fingerprint density at radius 3 is 0.774 bits per heavy atom. The number of hydrogen-bond donors (Lipinski definition) is 0. The van der Waals surface area contributed by atoms with Crippen molar-refractivity contribution in [2.45, 2.75) is 195 Å². The highest BCUT2D eigenvalue weighted by molar-refractivity contribution is 4.79. The summed E-state index contributed by atoms with van der Waals surface area (Å²) < 4.78 is 0. The van der Waals surface area contributed by atoms with Gasteiger partial charge in [0.05, 0.1) is 0 Å². The highest BCUT2D eigenvalue weighted by Crippen LogP contribution is 2.41. The molecular formula is C31H64. The molecule has 0 radical (unpaired) electrons. The molecule has 0 amide bonds. The van der Waals surface area contributed by atoms with Crippen LogP contribution < -0.4 is 0 Å². The third-order valence-electron chi connectivity index (χ3n) is 7.68. The zero-order valence-corrected chi connectivity index (χ0v) is 22.9. The topological polar surface area (TPSA) is 0 Å². The summed E-state index contributed by atoms with van der Waals surface area (Å²) in [5.41, 5.74) is 0.684. The van der Waals surface area contributed by atoms with Crippen LogP contribution >= 0.6 is 0 Å². The SMILES string of the molecule is CCCCCCCCCCCCC(CCC)(CCC)CCCCCCCCCCCC. The van der Waals surface area contributed by atoms with Crippen LogP contribution in [0.3, 0.4) is 0 Å². The monoisotopic (exact) mass is 437 g/mol. The standard InChI is InChI=1S/C31H64/c1-5-9-11-13-15-17-19-21-23-25-29-31(27-7-3,28-8-4)30-26-24-22-20-18-16-14-12-10-6-2/h5-30H2,1-4H3. The van der Waals surface area contributed by atoms with Gasteiger partial charge in [-0.1, -0.05) is 169 Å². The van der Waals surface area contributed by atoms with Gasteiger partial charge in [0.15, 0.2) is 0 Å². The summed E-state index contributed by atoms with van der Waals surface area (Å²) in [5.74, 6) is 0. The summed E-state index contributed by atoms with van der Waals surface area (Å²) in [6.07, 6.45) is 38.1. The Labute approximate surface area is 200 Å². The van der Waals surface area contributed by atoms with Gasteiger partial charge in [-0.3, -0.25) is 0 Å². The van der Waals surface area contributed by atoms with E-state index in [1.54, 1.807) is 0 Å². The molecule has 0 aliphatic rings. The van der Waals surface area contributed by atoms with Crippen LogP contribution in [0.25, 0.3) is 0 Å². The third-order valence-corrected chi connectivity index (χ3v) is 7.68. The molecule has 0 aromatic carbocycles. The Hall–Kier alpha value is 0. The lowest BCUT2D eigenvalue weighted by molar-refractivity contribution is 0.180. The van der Waals surface area contributed by atoms with Crippen molar-refractivity contribution >= 4 is 0 Å². The highest BCUT2D eigenvalue weighted by atomic mass is 14.3. The van der Waals surface area contributed by atoms with Gasteiger partial charge in [0.25, 0.3) is 0 Å². The molecular weight excluding hydrogens is 372 g/mol. The molecule has 188 valence electrons. The second kappa shape index (κ2) is 24.6. The molecule has 0 heterocycles. The lowest BCUT2D eigenvalue weighted by Crippen LogP contribution is -2.21. The molecule has 0 heteroatoms. The van der Waals surface area contributed by atoms with Crippen LogP contribution in [0.5, 0.6) is 0 Å². The van der Waals surface area contributed by atoms with Crippen molar-refractivity contribution < 1.29 is 0 Å². The van der Waals surface area contributed by atoms with Crippen LogP contribution in [0.1, 0.15) is 195 Å². The number of unbranched alkanes of at least 4 members (excludes halogenated alkanes) is 18. The zero-order chi connectivity index (χ0) is 22.9. The van der Waals surface area contributed by atoms with Gasteiger partial charge in [0, 0.05) is 0 Å². The van der Waals surface area contributed by atoms with Crippen molar-refractivity contribution in [3.63, 3.8) is 0 Å². The van der Waals surface area contributed by atoms with Crippen molar-refractivity contribution in [2.75, 3.05) is 0 Å². The van der Waals surface area contributed by atoms with E-state index in [-0.39, 0.29) is 0 Å². The van der Waals surface area contributed by atoms with Crippen molar-refractivity contribution in [3.05, 3.63) is 0 Å². The van der Waals surface area contributed by atoms with Gasteiger partial charge < -0.3 is 0 Å². The number of hydrogen-bond acceptors (Lipinski definition) is 0. The van der Waals surface area contributed by atoms with E-state index < -0.39 is 0 Å². The fourth-order valence-electron chi connectivity index (χ4n) is 5.79. The first-order chi connectivity index (χ1) is 15.2. The van der Waals surface area contributed by atoms with E-state index in [0.29, 0.717) is 5.41 Å². The molecule has 0 bridgehead atoms. The van der Waals surface area contributed by atoms with Crippen LogP contribution in [0.2, 0.25) is 0 Å². The summed E-state index contributed by atoms with van der Waals surface area (Å²) in [4.78, 5) is 0. The van der Waals surface area contributed by atoms with Crippen molar-refractivity contribution in [2.24, 2.45) is 5.41 Å². The summed E-state index contributed by atoms with van der Waals surface area (Å²) >= 11 is 0. The smallest absolute Gasteiger partial charge is 0.0298 e. The summed E-state index contributed by atoms with van der Waals surface area (Å²) in [6.45, 7) is 9.46.